The Morgan fingerprint density at radius 3 is 2.47 bits per heavy atom. The lowest BCUT2D eigenvalue weighted by molar-refractivity contribution is -0.274. The molecule has 11 heteroatoms. The summed E-state index contributed by atoms with van der Waals surface area (Å²) in [4.78, 5) is 8.32. The van der Waals surface area contributed by atoms with Crippen LogP contribution in [0.2, 0.25) is 5.15 Å². The summed E-state index contributed by atoms with van der Waals surface area (Å²) in [5.74, 6) is 0.189. The van der Waals surface area contributed by atoms with E-state index >= 15 is 0 Å². The third-order valence-electron chi connectivity index (χ3n) is 4.16. The summed E-state index contributed by atoms with van der Waals surface area (Å²) in [5.41, 5.74) is 2.40. The van der Waals surface area contributed by atoms with Crippen molar-refractivity contribution in [1.82, 2.24) is 20.2 Å². The monoisotopic (exact) mass is 462 g/mol. The Balaban J connectivity index is 1.56. The van der Waals surface area contributed by atoms with Gasteiger partial charge >= 0.3 is 6.36 Å². The van der Waals surface area contributed by atoms with E-state index in [1.54, 1.807) is 30.5 Å². The van der Waals surface area contributed by atoms with Crippen LogP contribution < -0.4 is 9.47 Å². The van der Waals surface area contributed by atoms with Gasteiger partial charge in [-0.25, -0.2) is 9.97 Å². The first-order chi connectivity index (χ1) is 15.3. The molecule has 32 heavy (non-hydrogen) atoms. The molecule has 0 aliphatic heterocycles. The van der Waals surface area contributed by atoms with Crippen molar-refractivity contribution in [2.75, 3.05) is 0 Å². The molecule has 0 N–H and O–H groups in total. The second-order valence-electron chi connectivity index (χ2n) is 6.57. The molecule has 0 saturated heterocycles. The van der Waals surface area contributed by atoms with Gasteiger partial charge in [-0.1, -0.05) is 11.6 Å². The van der Waals surface area contributed by atoms with E-state index in [1.807, 2.05) is 6.92 Å². The fourth-order valence-corrected chi connectivity index (χ4v) is 2.93. The summed E-state index contributed by atoms with van der Waals surface area (Å²) < 4.78 is 52.4. The molecule has 0 radical (unpaired) electrons. The summed E-state index contributed by atoms with van der Waals surface area (Å²) in [6.45, 7) is 2.00. The van der Waals surface area contributed by atoms with Crippen LogP contribution in [0.5, 0.6) is 11.6 Å². The van der Waals surface area contributed by atoms with E-state index in [0.29, 0.717) is 16.3 Å². The molecule has 3 aromatic heterocycles. The van der Waals surface area contributed by atoms with Crippen molar-refractivity contribution < 1.29 is 27.1 Å². The fourth-order valence-electron chi connectivity index (χ4n) is 2.74. The predicted octanol–water partition coefficient (Wildman–Crippen LogP) is 5.63. The van der Waals surface area contributed by atoms with Crippen LogP contribution in [-0.4, -0.2) is 26.5 Å². The van der Waals surface area contributed by atoms with Gasteiger partial charge in [0.1, 0.15) is 23.1 Å². The molecule has 0 bridgehead atoms. The minimum absolute atomic E-state index is 0.117. The van der Waals surface area contributed by atoms with E-state index in [9.17, 15) is 13.2 Å². The molecule has 7 nitrogen and oxygen atoms in total. The number of aromatic nitrogens is 4. The Morgan fingerprint density at radius 1 is 1.00 bits per heavy atom. The van der Waals surface area contributed by atoms with E-state index in [4.69, 9.17) is 20.8 Å². The lowest BCUT2D eigenvalue weighted by Crippen LogP contribution is -2.16. The van der Waals surface area contributed by atoms with Crippen molar-refractivity contribution in [3.63, 3.8) is 0 Å². The Labute approximate surface area is 184 Å². The van der Waals surface area contributed by atoms with Gasteiger partial charge in [-0.05, 0) is 61.0 Å². The number of hydrogen-bond donors (Lipinski definition) is 0. The smallest absolute Gasteiger partial charge is 0.472 e. The van der Waals surface area contributed by atoms with Gasteiger partial charge in [0.15, 0.2) is 0 Å². The summed E-state index contributed by atoms with van der Waals surface area (Å²) >= 11 is 5.90. The molecule has 4 aromatic rings. The van der Waals surface area contributed by atoms with Crippen molar-refractivity contribution >= 4 is 11.6 Å². The van der Waals surface area contributed by atoms with Crippen molar-refractivity contribution in [3.8, 4) is 34.5 Å². The van der Waals surface area contributed by atoms with Gasteiger partial charge in [0.05, 0.1) is 0 Å². The molecule has 3 heterocycles. The maximum Gasteiger partial charge on any atom is 0.573 e. The average molecular weight is 463 g/mol. The molecule has 0 amide bonds. The number of hydrogen-bond acceptors (Lipinski definition) is 7. The van der Waals surface area contributed by atoms with E-state index in [2.05, 4.69) is 24.9 Å². The molecular weight excluding hydrogens is 449 g/mol. The molecule has 4 rings (SSSR count). The number of halogens is 4. The lowest BCUT2D eigenvalue weighted by Gasteiger charge is -2.09. The van der Waals surface area contributed by atoms with Crippen LogP contribution in [0.1, 0.15) is 11.3 Å². The SMILES string of the molecule is Cc1ccc(-c2nnc(-c3ccc(OC(F)(F)F)cc3)o2)c(OCc2ccnc(Cl)c2)n1. The maximum absolute atomic E-state index is 12.3. The standard InChI is InChI=1S/C21H14ClF3N4O3/c1-12-2-7-16(19(27-12)30-11-13-8-9-26-17(22)10-13)20-29-28-18(31-20)14-3-5-15(6-4-14)32-21(23,24)25/h2-10H,11H2,1H3. The number of rotatable bonds is 6. The van der Waals surface area contributed by atoms with Crippen LogP contribution in [-0.2, 0) is 6.61 Å². The molecular formula is C21H14ClF3N4O3. The summed E-state index contributed by atoms with van der Waals surface area (Å²) in [5, 5.41) is 8.34. The van der Waals surface area contributed by atoms with Gasteiger partial charge in [0.25, 0.3) is 5.89 Å². The fraction of sp³-hybridized carbons (Fsp3) is 0.143. The molecule has 164 valence electrons. The number of ether oxygens (including phenoxy) is 2. The number of alkyl halides is 3. The lowest BCUT2D eigenvalue weighted by atomic mass is 10.2. The molecule has 0 saturated carbocycles. The van der Waals surface area contributed by atoms with E-state index < -0.39 is 6.36 Å². The van der Waals surface area contributed by atoms with Crippen molar-refractivity contribution in [1.29, 1.82) is 0 Å². The number of pyridine rings is 2. The highest BCUT2D eigenvalue weighted by Crippen LogP contribution is 2.31. The third-order valence-corrected chi connectivity index (χ3v) is 4.36. The Kier molecular flexibility index (Phi) is 5.95. The van der Waals surface area contributed by atoms with Crippen LogP contribution in [0.25, 0.3) is 22.9 Å². The highest BCUT2D eigenvalue weighted by Gasteiger charge is 2.31. The first-order valence-electron chi connectivity index (χ1n) is 9.18. The summed E-state index contributed by atoms with van der Waals surface area (Å²) in [6.07, 6.45) is -3.20. The van der Waals surface area contributed by atoms with E-state index in [1.165, 1.54) is 12.1 Å². The number of benzene rings is 1. The summed E-state index contributed by atoms with van der Waals surface area (Å²) in [6, 6.07) is 12.0. The second kappa shape index (κ2) is 8.83. The zero-order valence-electron chi connectivity index (χ0n) is 16.4. The van der Waals surface area contributed by atoms with Crippen molar-refractivity contribution in [2.45, 2.75) is 19.9 Å². The highest BCUT2D eigenvalue weighted by atomic mass is 35.5. The van der Waals surface area contributed by atoms with E-state index in [-0.39, 0.29) is 30.0 Å². The molecule has 0 spiro atoms. The molecule has 0 fully saturated rings. The molecule has 0 atom stereocenters. The van der Waals surface area contributed by atoms with Crippen LogP contribution in [0.15, 0.2) is 59.1 Å². The molecule has 0 aliphatic carbocycles. The van der Waals surface area contributed by atoms with Gasteiger partial charge in [0, 0.05) is 17.5 Å². The Bertz CT molecular complexity index is 1230. The van der Waals surface area contributed by atoms with Gasteiger partial charge in [-0.3, -0.25) is 0 Å². The zero-order valence-corrected chi connectivity index (χ0v) is 17.2. The van der Waals surface area contributed by atoms with E-state index in [0.717, 1.165) is 23.4 Å². The topological polar surface area (TPSA) is 83.2 Å². The largest absolute Gasteiger partial charge is 0.573 e. The Morgan fingerprint density at radius 2 is 1.75 bits per heavy atom. The Hall–Kier alpha value is -3.66. The van der Waals surface area contributed by atoms with Gasteiger partial charge < -0.3 is 13.9 Å². The quantitative estimate of drug-likeness (QED) is 0.343. The van der Waals surface area contributed by atoms with Crippen LogP contribution in [0.3, 0.4) is 0 Å². The van der Waals surface area contributed by atoms with Crippen LogP contribution in [0, 0.1) is 6.92 Å². The average Bonchev–Trinajstić information content (AvgIpc) is 3.22. The number of aryl methyl sites for hydroxylation is 1. The van der Waals surface area contributed by atoms with Gasteiger partial charge in [0.2, 0.25) is 11.8 Å². The van der Waals surface area contributed by atoms with Crippen LogP contribution in [0.4, 0.5) is 13.2 Å². The van der Waals surface area contributed by atoms with Crippen LogP contribution >= 0.6 is 11.6 Å². The normalized spacial score (nSPS) is 11.4. The minimum Gasteiger partial charge on any atom is -0.472 e. The highest BCUT2D eigenvalue weighted by molar-refractivity contribution is 6.29. The first-order valence-corrected chi connectivity index (χ1v) is 9.55. The van der Waals surface area contributed by atoms with Crippen molar-refractivity contribution in [3.05, 3.63) is 71.1 Å². The molecule has 1 aromatic carbocycles. The third kappa shape index (κ3) is 5.33. The number of nitrogens with zero attached hydrogens (tertiary/aromatic N) is 4. The predicted molar refractivity (Wildman–Crippen MR) is 108 cm³/mol. The van der Waals surface area contributed by atoms with Gasteiger partial charge in [-0.2, -0.15) is 0 Å². The van der Waals surface area contributed by atoms with Crippen molar-refractivity contribution in [2.24, 2.45) is 0 Å². The minimum atomic E-state index is -4.77. The second-order valence-corrected chi connectivity index (χ2v) is 6.95. The summed E-state index contributed by atoms with van der Waals surface area (Å²) in [7, 11) is 0. The zero-order chi connectivity index (χ0) is 22.7. The first kappa shape index (κ1) is 21.6. The van der Waals surface area contributed by atoms with Gasteiger partial charge in [-0.15, -0.1) is 23.4 Å². The molecule has 0 unspecified atom stereocenters. The maximum atomic E-state index is 12.3. The molecule has 0 aliphatic rings.